The summed E-state index contributed by atoms with van der Waals surface area (Å²) in [5, 5.41) is 0.646. The minimum Gasteiger partial charge on any atom is -0.294 e. The Kier molecular flexibility index (Phi) is 3.23. The zero-order valence-electron chi connectivity index (χ0n) is 12.1. The van der Waals surface area contributed by atoms with E-state index in [4.69, 9.17) is 16.4 Å². The van der Waals surface area contributed by atoms with Crippen LogP contribution in [0.4, 0.5) is 0 Å². The van der Waals surface area contributed by atoms with Crippen LogP contribution in [0.5, 0.6) is 0 Å². The van der Waals surface area contributed by atoms with E-state index in [0.29, 0.717) is 17.1 Å². The maximum atomic E-state index is 12.2. The number of halogens is 1. The molecule has 0 saturated heterocycles. The number of Topliss-reactive ketones (excluding diaryl/α,β-unsaturated/α-hetero) is 1. The van der Waals surface area contributed by atoms with E-state index in [1.165, 1.54) is 0 Å². The Morgan fingerprint density at radius 2 is 2.00 bits per heavy atom. The van der Waals surface area contributed by atoms with Gasteiger partial charge in [0.25, 0.3) is 0 Å². The summed E-state index contributed by atoms with van der Waals surface area (Å²) < 4.78 is 0. The van der Waals surface area contributed by atoms with E-state index < -0.39 is 5.60 Å². The predicted octanol–water partition coefficient (Wildman–Crippen LogP) is 3.59. The molecule has 0 amide bonds. The van der Waals surface area contributed by atoms with E-state index in [1.54, 1.807) is 12.1 Å². The summed E-state index contributed by atoms with van der Waals surface area (Å²) >= 11 is 5.95. The number of benzene rings is 2. The number of hydrogen-bond acceptors (Lipinski definition) is 3. The quantitative estimate of drug-likeness (QED) is 0.754. The lowest BCUT2D eigenvalue weighted by Gasteiger charge is -2.19. The lowest BCUT2D eigenvalue weighted by molar-refractivity contribution is -0.0384. The number of carbonyl (C=O) groups excluding carboxylic acids is 1. The van der Waals surface area contributed by atoms with Crippen molar-refractivity contribution in [1.29, 1.82) is 0 Å². The van der Waals surface area contributed by atoms with Crippen LogP contribution in [0, 0.1) is 11.8 Å². The number of fused-ring (bicyclic) bond motifs is 2. The first kappa shape index (κ1) is 14.1. The molecular formula is C19H12ClNO2. The molecule has 1 unspecified atom stereocenters. The highest BCUT2D eigenvalue weighted by Gasteiger charge is 2.46. The maximum Gasteiger partial charge on any atom is 0.166 e. The molecule has 2 aromatic rings. The van der Waals surface area contributed by atoms with Gasteiger partial charge in [0.15, 0.2) is 5.78 Å². The number of allylic oxidation sites excluding steroid dienone is 1. The molecule has 4 rings (SSSR count). The van der Waals surface area contributed by atoms with Gasteiger partial charge in [0.2, 0.25) is 0 Å². The van der Waals surface area contributed by atoms with Gasteiger partial charge < -0.3 is 0 Å². The van der Waals surface area contributed by atoms with Crippen molar-refractivity contribution in [3.05, 3.63) is 82.0 Å². The van der Waals surface area contributed by atoms with Crippen LogP contribution in [0.25, 0.3) is 0 Å². The van der Waals surface area contributed by atoms with Crippen LogP contribution in [0.3, 0.4) is 0 Å². The van der Waals surface area contributed by atoms with Crippen LogP contribution in [0.15, 0.2) is 60.3 Å². The van der Waals surface area contributed by atoms with Gasteiger partial charge in [-0.15, -0.1) is 0 Å². The molecular weight excluding hydrogens is 310 g/mol. The second-order valence-corrected chi connectivity index (χ2v) is 5.99. The molecule has 112 valence electrons. The molecule has 0 fully saturated rings. The van der Waals surface area contributed by atoms with Crippen LogP contribution in [-0.2, 0) is 10.4 Å². The van der Waals surface area contributed by atoms with Crippen molar-refractivity contribution in [2.45, 2.75) is 12.0 Å². The first-order valence-electron chi connectivity index (χ1n) is 7.23. The van der Waals surface area contributed by atoms with Gasteiger partial charge in [0.05, 0.1) is 6.42 Å². The Morgan fingerprint density at radius 3 is 2.87 bits per heavy atom. The third-order valence-electron chi connectivity index (χ3n) is 3.99. The molecule has 3 nitrogen and oxygen atoms in total. The molecule has 2 aliphatic rings. The third kappa shape index (κ3) is 2.43. The van der Waals surface area contributed by atoms with Crippen molar-refractivity contribution in [3.8, 4) is 11.8 Å². The Balaban J connectivity index is 1.68. The lowest BCUT2D eigenvalue weighted by Crippen LogP contribution is -2.24. The van der Waals surface area contributed by atoms with Crippen LogP contribution in [0.1, 0.15) is 27.9 Å². The lowest BCUT2D eigenvalue weighted by atomic mass is 9.95. The van der Waals surface area contributed by atoms with E-state index in [0.717, 1.165) is 16.7 Å². The molecule has 23 heavy (non-hydrogen) atoms. The van der Waals surface area contributed by atoms with Gasteiger partial charge in [-0.05, 0) is 30.2 Å². The van der Waals surface area contributed by atoms with Crippen molar-refractivity contribution in [2.24, 2.45) is 0 Å². The molecule has 1 aliphatic heterocycles. The first-order chi connectivity index (χ1) is 11.2. The fraction of sp³-hybridized carbons (Fsp3) is 0.105. The number of ketones is 1. The summed E-state index contributed by atoms with van der Waals surface area (Å²) in [5.74, 6) is 6.15. The topological polar surface area (TPSA) is 38.3 Å². The van der Waals surface area contributed by atoms with E-state index in [9.17, 15) is 4.79 Å². The molecule has 1 N–H and O–H groups in total. The van der Waals surface area contributed by atoms with E-state index in [1.807, 2.05) is 42.5 Å². The Hall–Kier alpha value is -2.54. The highest BCUT2D eigenvalue weighted by Crippen LogP contribution is 2.43. The fourth-order valence-corrected chi connectivity index (χ4v) is 3.14. The number of hydrogen-bond donors (Lipinski definition) is 1. The summed E-state index contributed by atoms with van der Waals surface area (Å²) in [6.45, 7) is 0. The van der Waals surface area contributed by atoms with Crippen molar-refractivity contribution in [1.82, 2.24) is 5.48 Å². The second-order valence-electron chi connectivity index (χ2n) is 5.56. The standard InChI is InChI=1S/C19H12ClNO2/c20-14-5-3-4-13(10-14)8-9-15-11-19(23-21-15)12-18(22)16-6-1-2-7-17(16)19/h1-7,10-11,21H,12H2. The smallest absolute Gasteiger partial charge is 0.166 e. The normalized spacial score (nSPS) is 21.4. The van der Waals surface area contributed by atoms with Gasteiger partial charge in [0.1, 0.15) is 11.3 Å². The van der Waals surface area contributed by atoms with Gasteiger partial charge in [-0.1, -0.05) is 47.9 Å². The Labute approximate surface area is 138 Å². The van der Waals surface area contributed by atoms with Crippen LogP contribution in [0.2, 0.25) is 5.02 Å². The molecule has 1 aliphatic carbocycles. The minimum atomic E-state index is -0.744. The van der Waals surface area contributed by atoms with Gasteiger partial charge in [-0.3, -0.25) is 15.1 Å². The average Bonchev–Trinajstić information content (AvgIpc) is 3.09. The molecule has 2 aromatic carbocycles. The summed E-state index contributed by atoms with van der Waals surface area (Å²) in [4.78, 5) is 17.9. The average molecular weight is 322 g/mol. The monoisotopic (exact) mass is 321 g/mol. The maximum absolute atomic E-state index is 12.2. The van der Waals surface area contributed by atoms with Crippen molar-refractivity contribution >= 4 is 17.4 Å². The third-order valence-corrected chi connectivity index (χ3v) is 4.23. The van der Waals surface area contributed by atoms with Gasteiger partial charge in [0, 0.05) is 21.7 Å². The van der Waals surface area contributed by atoms with Gasteiger partial charge in [-0.25, -0.2) is 0 Å². The molecule has 4 heteroatoms. The molecule has 0 radical (unpaired) electrons. The minimum absolute atomic E-state index is 0.0858. The summed E-state index contributed by atoms with van der Waals surface area (Å²) in [7, 11) is 0. The number of carbonyl (C=O) groups is 1. The van der Waals surface area contributed by atoms with Crippen molar-refractivity contribution in [3.63, 3.8) is 0 Å². The highest BCUT2D eigenvalue weighted by molar-refractivity contribution is 6.30. The van der Waals surface area contributed by atoms with E-state index in [2.05, 4.69) is 17.3 Å². The predicted molar refractivity (Wildman–Crippen MR) is 87.7 cm³/mol. The highest BCUT2D eigenvalue weighted by atomic mass is 35.5. The van der Waals surface area contributed by atoms with Gasteiger partial charge in [-0.2, -0.15) is 0 Å². The Morgan fingerprint density at radius 1 is 1.13 bits per heavy atom. The van der Waals surface area contributed by atoms with Crippen LogP contribution in [-0.4, -0.2) is 5.78 Å². The number of rotatable bonds is 0. The number of nitrogens with one attached hydrogen (secondary N) is 1. The zero-order chi connectivity index (χ0) is 15.9. The summed E-state index contributed by atoms with van der Waals surface area (Å²) in [6.07, 6.45) is 2.18. The Bertz CT molecular complexity index is 907. The van der Waals surface area contributed by atoms with Crippen molar-refractivity contribution in [2.75, 3.05) is 0 Å². The zero-order valence-corrected chi connectivity index (χ0v) is 12.9. The molecule has 0 saturated carbocycles. The summed E-state index contributed by atoms with van der Waals surface area (Å²) in [5.41, 5.74) is 5.17. The second kappa shape index (κ2) is 5.27. The van der Waals surface area contributed by atoms with E-state index in [-0.39, 0.29) is 5.78 Å². The van der Waals surface area contributed by atoms with Gasteiger partial charge >= 0.3 is 0 Å². The fourth-order valence-electron chi connectivity index (χ4n) is 2.95. The first-order valence-corrected chi connectivity index (χ1v) is 7.61. The van der Waals surface area contributed by atoms with Crippen LogP contribution >= 0.6 is 11.6 Å². The number of hydroxylamine groups is 1. The van der Waals surface area contributed by atoms with Crippen LogP contribution < -0.4 is 5.48 Å². The summed E-state index contributed by atoms with van der Waals surface area (Å²) in [6, 6.07) is 14.9. The molecule has 0 aromatic heterocycles. The molecule has 0 bridgehead atoms. The largest absolute Gasteiger partial charge is 0.294 e. The molecule has 1 heterocycles. The van der Waals surface area contributed by atoms with E-state index >= 15 is 0 Å². The molecule has 1 atom stereocenters. The van der Waals surface area contributed by atoms with Crippen molar-refractivity contribution < 1.29 is 9.63 Å². The molecule has 1 spiro atoms. The SMILES string of the molecule is O=C1CC2(C=C(C#Cc3cccc(Cl)c3)NO2)c2ccccc21.